The molecule has 1 aliphatic heterocycles. The van der Waals surface area contributed by atoms with E-state index in [-0.39, 0.29) is 48.5 Å². The molecule has 0 saturated carbocycles. The number of hydrogen-bond donors (Lipinski definition) is 1. The predicted octanol–water partition coefficient (Wildman–Crippen LogP) is 3.12. The Labute approximate surface area is 283 Å². The molecular formula is C35H63N5O7. The van der Waals surface area contributed by atoms with Gasteiger partial charge in [0.25, 0.3) is 0 Å². The van der Waals surface area contributed by atoms with Gasteiger partial charge in [-0.1, -0.05) is 48.5 Å². The van der Waals surface area contributed by atoms with Crippen molar-refractivity contribution in [3.63, 3.8) is 0 Å². The lowest BCUT2D eigenvalue weighted by Crippen LogP contribution is -2.60. The summed E-state index contributed by atoms with van der Waals surface area (Å²) in [5.74, 6) is -1.83. The van der Waals surface area contributed by atoms with E-state index in [0.29, 0.717) is 32.2 Å². The second-order valence-corrected chi connectivity index (χ2v) is 15.1. The van der Waals surface area contributed by atoms with Crippen LogP contribution in [0, 0.1) is 17.8 Å². The Morgan fingerprint density at radius 3 is 1.96 bits per heavy atom. The zero-order valence-corrected chi connectivity index (χ0v) is 31.3. The van der Waals surface area contributed by atoms with Gasteiger partial charge in [0, 0.05) is 34.1 Å². The Morgan fingerprint density at radius 2 is 1.49 bits per heavy atom. The van der Waals surface area contributed by atoms with Crippen LogP contribution in [0.2, 0.25) is 0 Å². The van der Waals surface area contributed by atoms with Gasteiger partial charge in [-0.05, 0) is 64.2 Å². The molecule has 270 valence electrons. The summed E-state index contributed by atoms with van der Waals surface area (Å²) in [5, 5.41) is 2.84. The summed E-state index contributed by atoms with van der Waals surface area (Å²) >= 11 is 0. The quantitative estimate of drug-likeness (QED) is 0.236. The Kier molecular flexibility index (Phi) is 16.5. The molecule has 1 aliphatic rings. The van der Waals surface area contributed by atoms with Crippen LogP contribution < -0.4 is 5.32 Å². The molecule has 0 aromatic rings. The summed E-state index contributed by atoms with van der Waals surface area (Å²) in [6.45, 7) is 19.0. The van der Waals surface area contributed by atoms with Crippen LogP contribution >= 0.6 is 0 Å². The molecule has 1 saturated heterocycles. The number of carbonyl (C=O) groups is 6. The average molecular weight is 666 g/mol. The van der Waals surface area contributed by atoms with Gasteiger partial charge in [-0.3, -0.25) is 24.0 Å². The number of likely N-dealkylation sites (N-methyl/N-ethyl adjacent to an activating group) is 3. The Bertz CT molecular complexity index is 1090. The number of amides is 5. The van der Waals surface area contributed by atoms with Crippen molar-refractivity contribution in [2.75, 3.05) is 34.3 Å². The highest BCUT2D eigenvalue weighted by molar-refractivity contribution is 5.96. The molecule has 0 radical (unpaired) electrons. The molecule has 12 heteroatoms. The van der Waals surface area contributed by atoms with E-state index in [1.165, 1.54) is 14.7 Å². The number of nitrogens with one attached hydrogen (secondary N) is 1. The summed E-state index contributed by atoms with van der Waals surface area (Å²) < 4.78 is 5.97. The van der Waals surface area contributed by atoms with E-state index in [4.69, 9.17) is 4.74 Å². The predicted molar refractivity (Wildman–Crippen MR) is 182 cm³/mol. The Balaban J connectivity index is 3.42. The molecule has 1 fully saturated rings. The van der Waals surface area contributed by atoms with E-state index in [2.05, 4.69) is 5.32 Å². The minimum absolute atomic E-state index is 0.0296. The first-order chi connectivity index (χ1) is 21.7. The summed E-state index contributed by atoms with van der Waals surface area (Å²) in [6, 6.07) is -4.18. The van der Waals surface area contributed by atoms with Crippen LogP contribution in [-0.4, -0.2) is 126 Å². The number of ether oxygens (including phenoxy) is 1. The molecule has 5 unspecified atom stereocenters. The molecule has 12 nitrogen and oxygen atoms in total. The number of nitrogens with zero attached hydrogens (tertiary/aromatic N) is 4. The zero-order valence-electron chi connectivity index (χ0n) is 31.3. The van der Waals surface area contributed by atoms with Gasteiger partial charge in [0.05, 0.1) is 18.2 Å². The van der Waals surface area contributed by atoms with Crippen LogP contribution in [0.15, 0.2) is 0 Å². The van der Waals surface area contributed by atoms with Crippen LogP contribution in [0.5, 0.6) is 0 Å². The van der Waals surface area contributed by atoms with Gasteiger partial charge in [-0.2, -0.15) is 0 Å². The molecule has 0 aromatic carbocycles. The van der Waals surface area contributed by atoms with Crippen molar-refractivity contribution >= 4 is 35.8 Å². The van der Waals surface area contributed by atoms with Crippen molar-refractivity contribution in [3.05, 3.63) is 0 Å². The van der Waals surface area contributed by atoms with Crippen LogP contribution in [0.4, 0.5) is 0 Å². The van der Waals surface area contributed by atoms with Gasteiger partial charge in [0.2, 0.25) is 29.5 Å². The van der Waals surface area contributed by atoms with Crippen molar-refractivity contribution in [1.82, 2.24) is 24.9 Å². The first-order valence-corrected chi connectivity index (χ1v) is 17.2. The van der Waals surface area contributed by atoms with Crippen LogP contribution in [-0.2, 0) is 33.5 Å². The average Bonchev–Trinajstić information content (AvgIpc) is 3.47. The topological polar surface area (TPSA) is 137 Å². The van der Waals surface area contributed by atoms with E-state index >= 15 is 0 Å². The smallest absolute Gasteiger partial charge is 0.247 e. The minimum atomic E-state index is -1.13. The van der Waals surface area contributed by atoms with E-state index in [9.17, 15) is 28.8 Å². The lowest BCUT2D eigenvalue weighted by molar-refractivity contribution is -0.153. The lowest BCUT2D eigenvalue weighted by atomic mass is 9.99. The third kappa shape index (κ3) is 12.2. The first-order valence-electron chi connectivity index (χ1n) is 17.2. The van der Waals surface area contributed by atoms with Gasteiger partial charge >= 0.3 is 0 Å². The molecule has 47 heavy (non-hydrogen) atoms. The van der Waals surface area contributed by atoms with Crippen molar-refractivity contribution in [1.29, 1.82) is 0 Å². The first kappa shape index (κ1) is 42.0. The summed E-state index contributed by atoms with van der Waals surface area (Å²) in [7, 11) is 4.72. The highest BCUT2D eigenvalue weighted by Crippen LogP contribution is 2.25. The largest absolute Gasteiger partial charge is 0.373 e. The maximum absolute atomic E-state index is 14.3. The molecule has 1 heterocycles. The molecule has 1 rings (SSSR count). The van der Waals surface area contributed by atoms with Crippen LogP contribution in [0.1, 0.15) is 101 Å². The maximum Gasteiger partial charge on any atom is 0.247 e. The van der Waals surface area contributed by atoms with Crippen molar-refractivity contribution < 1.29 is 33.5 Å². The van der Waals surface area contributed by atoms with Crippen molar-refractivity contribution in [2.24, 2.45) is 17.8 Å². The lowest BCUT2D eigenvalue weighted by Gasteiger charge is -2.38. The fraction of sp³-hybridized carbons (Fsp3) is 0.829. The second kappa shape index (κ2) is 18.5. The second-order valence-electron chi connectivity index (χ2n) is 15.1. The van der Waals surface area contributed by atoms with E-state index in [0.717, 1.165) is 6.29 Å². The third-order valence-corrected chi connectivity index (χ3v) is 8.64. The molecule has 1 N–H and O–H groups in total. The number of carbonyl (C=O) groups excluding carboxylic acids is 6. The van der Waals surface area contributed by atoms with Crippen LogP contribution in [0.25, 0.3) is 0 Å². The molecule has 0 bridgehead atoms. The van der Waals surface area contributed by atoms with Gasteiger partial charge in [-0.15, -0.1) is 0 Å². The molecular weight excluding hydrogens is 602 g/mol. The molecule has 5 atom stereocenters. The maximum atomic E-state index is 14.3. The van der Waals surface area contributed by atoms with Crippen molar-refractivity contribution in [2.45, 2.75) is 137 Å². The van der Waals surface area contributed by atoms with Gasteiger partial charge in [-0.25, -0.2) is 0 Å². The monoisotopic (exact) mass is 665 g/mol. The highest BCUT2D eigenvalue weighted by atomic mass is 16.5. The SMILES string of the molecule is CCC(=O)N(C)C(C(=O)NC(COC(C)(C)C)C(=O)N(C)C(CC(C)C)C(=O)N1CCCC1C(=O)N(C)C(C=O)CC(C)C)C(C)C. The number of likely N-dealkylation sites (tertiary alicyclic amines) is 1. The summed E-state index contributed by atoms with van der Waals surface area (Å²) in [6.07, 6.45) is 2.95. The zero-order chi connectivity index (χ0) is 36.4. The minimum Gasteiger partial charge on any atom is -0.373 e. The fourth-order valence-corrected chi connectivity index (χ4v) is 6.03. The standard InChI is InChI=1S/C35H63N5O7/c1-14-29(42)39(13)30(24(6)7)31(43)36-26(21-47-35(8,9)10)32(44)38(12)28(19-23(4)5)34(46)40-17-15-16-27(40)33(45)37(11)25(20-41)18-22(2)3/h20,22-28,30H,14-19,21H2,1-13H3,(H,36,43). The molecule has 0 aliphatic carbocycles. The van der Waals surface area contributed by atoms with Crippen LogP contribution in [0.3, 0.4) is 0 Å². The van der Waals surface area contributed by atoms with Crippen molar-refractivity contribution in [3.8, 4) is 0 Å². The van der Waals surface area contributed by atoms with Gasteiger partial charge in [0.1, 0.15) is 30.5 Å². The van der Waals surface area contributed by atoms with E-state index in [1.54, 1.807) is 33.0 Å². The number of aldehydes is 1. The van der Waals surface area contributed by atoms with E-state index in [1.807, 2.05) is 62.3 Å². The molecule has 0 aromatic heterocycles. The summed E-state index contributed by atoms with van der Waals surface area (Å²) in [4.78, 5) is 85.9. The number of rotatable bonds is 17. The Hall–Kier alpha value is -3.02. The normalized spacial score (nSPS) is 17.7. The fourth-order valence-electron chi connectivity index (χ4n) is 6.03. The van der Waals surface area contributed by atoms with Gasteiger partial charge < -0.3 is 34.4 Å². The van der Waals surface area contributed by atoms with Gasteiger partial charge in [0.15, 0.2) is 0 Å². The molecule has 0 spiro atoms. The summed E-state index contributed by atoms with van der Waals surface area (Å²) in [5.41, 5.74) is -0.620. The molecule has 5 amide bonds. The Morgan fingerprint density at radius 1 is 0.915 bits per heavy atom. The number of hydrogen-bond acceptors (Lipinski definition) is 7. The third-order valence-electron chi connectivity index (χ3n) is 8.64. The van der Waals surface area contributed by atoms with E-state index < -0.39 is 47.6 Å². The highest BCUT2D eigenvalue weighted by Gasteiger charge is 2.43.